The van der Waals surface area contributed by atoms with E-state index < -0.39 is 66.8 Å². The number of alkyl halides is 6. The smallest absolute Gasteiger partial charge is 0.394 e. The number of carbonyl (C=O) groups is 1. The number of aliphatic hydroxyl groups excluding tert-OH is 1. The van der Waals surface area contributed by atoms with Crippen LogP contribution in [0.2, 0.25) is 0 Å². The van der Waals surface area contributed by atoms with Crippen LogP contribution in [0.3, 0.4) is 0 Å². The molecule has 0 saturated heterocycles. The molecule has 4 nitrogen and oxygen atoms in total. The molecule has 0 bridgehead atoms. The fraction of sp³-hybridized carbons (Fsp3) is 0.316. The Hall–Kier alpha value is -2.50. The van der Waals surface area contributed by atoms with Gasteiger partial charge in [0.05, 0.1) is 30.9 Å². The predicted molar refractivity (Wildman–Crippen MR) is 88.8 cm³/mol. The molecule has 0 aliphatic rings. The first-order chi connectivity index (χ1) is 13.9. The first kappa shape index (κ1) is 23.8. The molecule has 30 heavy (non-hydrogen) atoms. The zero-order valence-corrected chi connectivity index (χ0v) is 15.1. The summed E-state index contributed by atoms with van der Waals surface area (Å²) in [6, 6.07) is 5.02. The molecule has 2 aromatic carbocycles. The molecular formula is C19H15F7O4. The largest absolute Gasteiger partial charge is 0.416 e. The minimum atomic E-state index is -5.03. The number of hydrogen-bond acceptors (Lipinski definition) is 4. The van der Waals surface area contributed by atoms with E-state index in [4.69, 9.17) is 14.6 Å². The summed E-state index contributed by atoms with van der Waals surface area (Å²) in [6.07, 6.45) is -11.8. The molecule has 11 heteroatoms. The number of Topliss-reactive ketones (excluding diaryl/α,β-unsaturated/α-hetero) is 1. The van der Waals surface area contributed by atoms with Crippen molar-refractivity contribution in [2.24, 2.45) is 0 Å². The molecule has 0 amide bonds. The van der Waals surface area contributed by atoms with E-state index in [-0.39, 0.29) is 11.6 Å². The molecule has 1 atom stereocenters. The normalized spacial score (nSPS) is 13.3. The minimum absolute atomic E-state index is 0.0348. The van der Waals surface area contributed by atoms with Gasteiger partial charge in [-0.1, -0.05) is 0 Å². The summed E-state index contributed by atoms with van der Waals surface area (Å²) >= 11 is 0. The van der Waals surface area contributed by atoms with Gasteiger partial charge in [0.1, 0.15) is 5.82 Å². The second-order valence-electron chi connectivity index (χ2n) is 6.02. The van der Waals surface area contributed by atoms with E-state index in [2.05, 4.69) is 0 Å². The van der Waals surface area contributed by atoms with Gasteiger partial charge in [-0.05, 0) is 48.0 Å². The van der Waals surface area contributed by atoms with Crippen LogP contribution in [-0.2, 0) is 28.4 Å². The van der Waals surface area contributed by atoms with Gasteiger partial charge >= 0.3 is 12.4 Å². The molecule has 2 rings (SSSR count). The number of ketones is 1. The van der Waals surface area contributed by atoms with Crippen LogP contribution in [0.5, 0.6) is 0 Å². The van der Waals surface area contributed by atoms with Gasteiger partial charge in [-0.25, -0.2) is 4.39 Å². The molecule has 164 valence electrons. The van der Waals surface area contributed by atoms with Crippen molar-refractivity contribution in [1.29, 1.82) is 0 Å². The van der Waals surface area contributed by atoms with Crippen molar-refractivity contribution in [2.75, 3.05) is 13.2 Å². The van der Waals surface area contributed by atoms with Crippen LogP contribution in [0.15, 0.2) is 42.5 Å². The van der Waals surface area contributed by atoms with E-state index in [1.807, 2.05) is 0 Å². The minimum Gasteiger partial charge on any atom is -0.394 e. The maximum absolute atomic E-state index is 13.0. The lowest BCUT2D eigenvalue weighted by atomic mass is 10.1. The number of benzene rings is 2. The maximum Gasteiger partial charge on any atom is 0.416 e. The molecule has 0 spiro atoms. The van der Waals surface area contributed by atoms with E-state index in [9.17, 15) is 35.5 Å². The third-order valence-corrected chi connectivity index (χ3v) is 3.75. The van der Waals surface area contributed by atoms with Gasteiger partial charge in [0, 0.05) is 5.56 Å². The number of aliphatic hydroxyl groups is 1. The van der Waals surface area contributed by atoms with Gasteiger partial charge in [-0.2, -0.15) is 26.3 Å². The quantitative estimate of drug-likeness (QED) is 0.371. The lowest BCUT2D eigenvalue weighted by molar-refractivity contribution is -0.143. The van der Waals surface area contributed by atoms with Crippen LogP contribution in [0.25, 0.3) is 0 Å². The van der Waals surface area contributed by atoms with Crippen LogP contribution < -0.4 is 0 Å². The molecule has 0 aliphatic heterocycles. The number of hydrogen-bond donors (Lipinski definition) is 1. The Morgan fingerprint density at radius 3 is 1.90 bits per heavy atom. The zero-order chi connectivity index (χ0) is 22.5. The van der Waals surface area contributed by atoms with E-state index in [0.29, 0.717) is 12.1 Å². The standard InChI is InChI=1S/C19H15F7O4/c20-15-3-1-12(2-4-15)16(28)17(29-6-5-27)30-10-11-7-13(18(21,22)23)9-14(8-11)19(24,25)26/h1-4,7-9,17,27H,5-6,10H2. The Balaban J connectivity index is 2.27. The van der Waals surface area contributed by atoms with Gasteiger partial charge < -0.3 is 14.6 Å². The summed E-state index contributed by atoms with van der Waals surface area (Å²) in [5.41, 5.74) is -3.64. The van der Waals surface area contributed by atoms with Crippen molar-refractivity contribution in [2.45, 2.75) is 25.2 Å². The third kappa shape index (κ3) is 6.51. The zero-order valence-electron chi connectivity index (χ0n) is 15.1. The summed E-state index contributed by atoms with van der Waals surface area (Å²) in [5.74, 6) is -1.49. The van der Waals surface area contributed by atoms with Crippen LogP contribution in [0.1, 0.15) is 27.0 Å². The molecule has 0 fully saturated rings. The molecule has 0 radical (unpaired) electrons. The Labute approximate surface area is 165 Å². The van der Waals surface area contributed by atoms with E-state index >= 15 is 0 Å². The number of ether oxygens (including phenoxy) is 2. The number of carbonyl (C=O) groups excluding carboxylic acids is 1. The molecular weight excluding hydrogens is 425 g/mol. The van der Waals surface area contributed by atoms with Gasteiger partial charge in [-0.15, -0.1) is 0 Å². The van der Waals surface area contributed by atoms with Crippen molar-refractivity contribution in [3.05, 3.63) is 70.5 Å². The molecule has 1 N–H and O–H groups in total. The predicted octanol–water partition coefficient (Wildman–Crippen LogP) is 4.60. The second-order valence-corrected chi connectivity index (χ2v) is 6.02. The van der Waals surface area contributed by atoms with Gasteiger partial charge in [0.25, 0.3) is 0 Å². The highest BCUT2D eigenvalue weighted by Crippen LogP contribution is 2.36. The lowest BCUT2D eigenvalue weighted by Gasteiger charge is -2.19. The SMILES string of the molecule is O=C(c1ccc(F)cc1)C(OCCO)OCc1cc(C(F)(F)F)cc(C(F)(F)F)c1. The Kier molecular flexibility index (Phi) is 7.56. The van der Waals surface area contributed by atoms with E-state index in [0.717, 1.165) is 24.3 Å². The topological polar surface area (TPSA) is 55.8 Å². The summed E-state index contributed by atoms with van der Waals surface area (Å²) in [4.78, 5) is 12.4. The van der Waals surface area contributed by atoms with E-state index in [1.54, 1.807) is 0 Å². The van der Waals surface area contributed by atoms with Crippen LogP contribution in [0.4, 0.5) is 30.7 Å². The summed E-state index contributed by atoms with van der Waals surface area (Å²) in [5, 5.41) is 8.85. The molecule has 0 saturated carbocycles. The summed E-state index contributed by atoms with van der Waals surface area (Å²) < 4.78 is 101. The maximum atomic E-state index is 13.0. The Morgan fingerprint density at radius 1 is 0.900 bits per heavy atom. The average Bonchev–Trinajstić information content (AvgIpc) is 2.66. The number of halogens is 7. The first-order valence-electron chi connectivity index (χ1n) is 8.34. The Morgan fingerprint density at radius 2 is 1.43 bits per heavy atom. The van der Waals surface area contributed by atoms with Gasteiger partial charge in [-0.3, -0.25) is 4.79 Å². The Bertz CT molecular complexity index is 828. The molecule has 1 unspecified atom stereocenters. The number of rotatable bonds is 8. The highest BCUT2D eigenvalue weighted by atomic mass is 19.4. The van der Waals surface area contributed by atoms with Crippen molar-refractivity contribution < 1.29 is 50.1 Å². The monoisotopic (exact) mass is 440 g/mol. The highest BCUT2D eigenvalue weighted by molar-refractivity contribution is 5.98. The summed E-state index contributed by atoms with van der Waals surface area (Å²) in [6.45, 7) is -1.75. The summed E-state index contributed by atoms with van der Waals surface area (Å²) in [7, 11) is 0. The molecule has 0 heterocycles. The first-order valence-corrected chi connectivity index (χ1v) is 8.34. The lowest BCUT2D eigenvalue weighted by Crippen LogP contribution is -2.29. The van der Waals surface area contributed by atoms with Crippen LogP contribution in [0, 0.1) is 5.82 Å². The van der Waals surface area contributed by atoms with Gasteiger partial charge in [0.15, 0.2) is 0 Å². The second kappa shape index (κ2) is 9.54. The molecule has 0 aromatic heterocycles. The van der Waals surface area contributed by atoms with Crippen molar-refractivity contribution >= 4 is 5.78 Å². The van der Waals surface area contributed by atoms with Crippen molar-refractivity contribution in [1.82, 2.24) is 0 Å². The fourth-order valence-corrected chi connectivity index (χ4v) is 2.38. The fourth-order valence-electron chi connectivity index (χ4n) is 2.38. The average molecular weight is 440 g/mol. The van der Waals surface area contributed by atoms with Crippen molar-refractivity contribution in [3.8, 4) is 0 Å². The highest BCUT2D eigenvalue weighted by Gasteiger charge is 2.37. The third-order valence-electron chi connectivity index (χ3n) is 3.75. The van der Waals surface area contributed by atoms with Gasteiger partial charge in [0.2, 0.25) is 12.1 Å². The molecule has 0 aliphatic carbocycles. The van der Waals surface area contributed by atoms with Crippen LogP contribution >= 0.6 is 0 Å². The van der Waals surface area contributed by atoms with Crippen molar-refractivity contribution in [3.63, 3.8) is 0 Å². The molecule has 2 aromatic rings. The van der Waals surface area contributed by atoms with Crippen LogP contribution in [-0.4, -0.2) is 30.4 Å². The van der Waals surface area contributed by atoms with E-state index in [1.165, 1.54) is 0 Å².